The van der Waals surface area contributed by atoms with E-state index >= 15 is 0 Å². The summed E-state index contributed by atoms with van der Waals surface area (Å²) in [6.45, 7) is 6.33. The van der Waals surface area contributed by atoms with Crippen LogP contribution < -0.4 is 5.32 Å². The first kappa shape index (κ1) is 22.5. The fourth-order valence-electron chi connectivity index (χ4n) is 5.21. The minimum atomic E-state index is -0.765. The summed E-state index contributed by atoms with van der Waals surface area (Å²) in [7, 11) is 2.08. The van der Waals surface area contributed by atoms with E-state index in [-0.39, 0.29) is 17.7 Å². The molecule has 2 aliphatic rings. The Morgan fingerprint density at radius 1 is 0.938 bits per heavy atom. The smallest absolute Gasteiger partial charge is 0.246 e. The monoisotopic (exact) mass is 433 g/mol. The Bertz CT molecular complexity index is 881. The van der Waals surface area contributed by atoms with Crippen LogP contribution >= 0.6 is 0 Å². The maximum atomic E-state index is 13.9. The van der Waals surface area contributed by atoms with Crippen molar-refractivity contribution < 1.29 is 9.59 Å². The first-order valence-electron chi connectivity index (χ1n) is 11.8. The molecule has 1 spiro atoms. The first-order valence-corrected chi connectivity index (χ1v) is 11.8. The average molecular weight is 434 g/mol. The van der Waals surface area contributed by atoms with Gasteiger partial charge in [0.25, 0.3) is 0 Å². The van der Waals surface area contributed by atoms with Crippen LogP contribution in [0.2, 0.25) is 0 Å². The predicted molar refractivity (Wildman–Crippen MR) is 127 cm³/mol. The Morgan fingerprint density at radius 3 is 1.97 bits per heavy atom. The number of nitrogens with zero attached hydrogens (tertiary/aromatic N) is 2. The molecule has 2 aliphatic heterocycles. The van der Waals surface area contributed by atoms with Gasteiger partial charge in [0.2, 0.25) is 11.8 Å². The fourth-order valence-corrected chi connectivity index (χ4v) is 5.21. The number of piperidine rings is 1. The van der Waals surface area contributed by atoms with E-state index in [1.165, 1.54) is 11.1 Å². The van der Waals surface area contributed by atoms with Crippen molar-refractivity contribution in [3.8, 4) is 0 Å². The highest BCUT2D eigenvalue weighted by Crippen LogP contribution is 2.37. The molecule has 0 aromatic heterocycles. The van der Waals surface area contributed by atoms with Gasteiger partial charge in [-0.1, -0.05) is 74.5 Å². The summed E-state index contributed by atoms with van der Waals surface area (Å²) in [5.41, 5.74) is 1.57. The molecule has 170 valence electrons. The third kappa shape index (κ3) is 4.44. The summed E-state index contributed by atoms with van der Waals surface area (Å²) in [4.78, 5) is 31.6. The van der Waals surface area contributed by atoms with Crippen LogP contribution in [0.5, 0.6) is 0 Å². The number of carbonyl (C=O) groups excluding carboxylic acids is 2. The van der Waals surface area contributed by atoms with Crippen LogP contribution in [0.4, 0.5) is 0 Å². The molecule has 4 rings (SSSR count). The molecular weight excluding hydrogens is 398 g/mol. The Kier molecular flexibility index (Phi) is 6.66. The molecule has 2 aromatic rings. The number of hydrogen-bond acceptors (Lipinski definition) is 3. The van der Waals surface area contributed by atoms with Gasteiger partial charge in [0.1, 0.15) is 11.6 Å². The lowest BCUT2D eigenvalue weighted by molar-refractivity contribution is -0.161. The van der Waals surface area contributed by atoms with Gasteiger partial charge < -0.3 is 15.1 Å². The van der Waals surface area contributed by atoms with Crippen molar-refractivity contribution in [3.05, 3.63) is 71.8 Å². The fraction of sp³-hybridized carbons (Fsp3) is 0.481. The summed E-state index contributed by atoms with van der Waals surface area (Å²) in [5.74, 6) is 0.440. The van der Waals surface area contributed by atoms with Crippen molar-refractivity contribution in [1.29, 1.82) is 0 Å². The highest BCUT2D eigenvalue weighted by Gasteiger charge is 2.53. The molecule has 1 atom stereocenters. The van der Waals surface area contributed by atoms with Gasteiger partial charge in [-0.15, -0.1) is 0 Å². The van der Waals surface area contributed by atoms with Crippen LogP contribution in [0.25, 0.3) is 0 Å². The second-order valence-corrected chi connectivity index (χ2v) is 9.81. The minimum Gasteiger partial charge on any atom is -0.342 e. The second-order valence-electron chi connectivity index (χ2n) is 9.81. The largest absolute Gasteiger partial charge is 0.342 e. The summed E-state index contributed by atoms with van der Waals surface area (Å²) in [6.07, 6.45) is 2.01. The zero-order valence-electron chi connectivity index (χ0n) is 19.5. The standard InChI is InChI=1S/C27H35N3O2/c1-20(2)18-24-25(31)30(27(26(32)28-24)14-16-29(3)17-15-27)19-23(21-10-6-4-7-11-21)22-12-8-5-9-13-22/h4-13,20,23-24H,14-19H2,1-3H3,(H,28,32). The van der Waals surface area contributed by atoms with E-state index < -0.39 is 11.6 Å². The summed E-state index contributed by atoms with van der Waals surface area (Å²) in [5, 5.41) is 3.11. The maximum Gasteiger partial charge on any atom is 0.246 e. The maximum absolute atomic E-state index is 13.9. The highest BCUT2D eigenvalue weighted by molar-refractivity contribution is 6.00. The third-order valence-electron chi connectivity index (χ3n) is 7.10. The molecule has 0 bridgehead atoms. The summed E-state index contributed by atoms with van der Waals surface area (Å²) in [6, 6.07) is 20.3. The Labute approximate surface area is 191 Å². The molecule has 1 N–H and O–H groups in total. The van der Waals surface area contributed by atoms with Crippen LogP contribution in [-0.4, -0.2) is 59.9 Å². The average Bonchev–Trinajstić information content (AvgIpc) is 2.80. The number of nitrogens with one attached hydrogen (secondary N) is 1. The van der Waals surface area contributed by atoms with Gasteiger partial charge in [-0.3, -0.25) is 9.59 Å². The van der Waals surface area contributed by atoms with E-state index in [9.17, 15) is 9.59 Å². The zero-order chi connectivity index (χ0) is 22.7. The van der Waals surface area contributed by atoms with Gasteiger partial charge in [0.05, 0.1) is 0 Å². The number of benzene rings is 2. The second kappa shape index (κ2) is 9.45. The Balaban J connectivity index is 1.74. The quantitative estimate of drug-likeness (QED) is 0.757. The summed E-state index contributed by atoms with van der Waals surface area (Å²) >= 11 is 0. The van der Waals surface area contributed by atoms with Gasteiger partial charge in [0, 0.05) is 25.6 Å². The lowest BCUT2D eigenvalue weighted by atomic mass is 9.79. The molecule has 5 heteroatoms. The molecule has 5 nitrogen and oxygen atoms in total. The molecule has 0 radical (unpaired) electrons. The van der Waals surface area contributed by atoms with Gasteiger partial charge in [0.15, 0.2) is 0 Å². The van der Waals surface area contributed by atoms with E-state index in [1.807, 2.05) is 41.3 Å². The van der Waals surface area contributed by atoms with Gasteiger partial charge in [-0.25, -0.2) is 0 Å². The first-order chi connectivity index (χ1) is 15.4. The number of carbonyl (C=O) groups is 2. The van der Waals surface area contributed by atoms with Crippen molar-refractivity contribution in [1.82, 2.24) is 15.1 Å². The van der Waals surface area contributed by atoms with Crippen molar-refractivity contribution >= 4 is 11.8 Å². The topological polar surface area (TPSA) is 52.7 Å². The van der Waals surface area contributed by atoms with Crippen LogP contribution in [0.3, 0.4) is 0 Å². The highest BCUT2D eigenvalue weighted by atomic mass is 16.2. The molecule has 0 aliphatic carbocycles. The SMILES string of the molecule is CC(C)CC1NC(=O)C2(CCN(C)CC2)N(CC(c2ccccc2)c2ccccc2)C1=O. The Morgan fingerprint density at radius 2 is 1.47 bits per heavy atom. The van der Waals surface area contributed by atoms with Crippen LogP contribution in [0.1, 0.15) is 50.2 Å². The van der Waals surface area contributed by atoms with Crippen molar-refractivity contribution in [2.24, 2.45) is 5.92 Å². The molecule has 32 heavy (non-hydrogen) atoms. The van der Waals surface area contributed by atoms with Crippen LogP contribution in [0.15, 0.2) is 60.7 Å². The van der Waals surface area contributed by atoms with Crippen LogP contribution in [0, 0.1) is 5.92 Å². The molecular formula is C27H35N3O2. The van der Waals surface area contributed by atoms with E-state index in [4.69, 9.17) is 0 Å². The van der Waals surface area contributed by atoms with Crippen molar-refractivity contribution in [2.75, 3.05) is 26.7 Å². The normalized spacial score (nSPS) is 21.4. The molecule has 1 unspecified atom stereocenters. The van der Waals surface area contributed by atoms with Crippen molar-refractivity contribution in [2.45, 2.75) is 50.6 Å². The number of hydrogen-bond donors (Lipinski definition) is 1. The summed E-state index contributed by atoms with van der Waals surface area (Å²) < 4.78 is 0. The van der Waals surface area contributed by atoms with E-state index in [1.54, 1.807) is 0 Å². The zero-order valence-corrected chi connectivity index (χ0v) is 19.5. The van der Waals surface area contributed by atoms with Gasteiger partial charge >= 0.3 is 0 Å². The molecule has 2 amide bonds. The molecule has 2 aromatic carbocycles. The van der Waals surface area contributed by atoms with Gasteiger partial charge in [-0.05, 0) is 43.4 Å². The lowest BCUT2D eigenvalue weighted by Gasteiger charge is -2.52. The number of rotatable bonds is 6. The lowest BCUT2D eigenvalue weighted by Crippen LogP contribution is -2.73. The predicted octanol–water partition coefficient (Wildman–Crippen LogP) is 3.66. The minimum absolute atomic E-state index is 0.0171. The Hall–Kier alpha value is -2.66. The number of amides is 2. The number of piperazine rings is 1. The van der Waals surface area contributed by atoms with E-state index in [2.05, 4.69) is 55.4 Å². The van der Waals surface area contributed by atoms with Gasteiger partial charge in [-0.2, -0.15) is 0 Å². The third-order valence-corrected chi connectivity index (χ3v) is 7.10. The van der Waals surface area contributed by atoms with Crippen LogP contribution in [-0.2, 0) is 9.59 Å². The van der Waals surface area contributed by atoms with E-state index in [0.717, 1.165) is 13.1 Å². The molecule has 2 heterocycles. The molecule has 0 saturated carbocycles. The van der Waals surface area contributed by atoms with Crippen molar-refractivity contribution in [3.63, 3.8) is 0 Å². The molecule has 2 fully saturated rings. The van der Waals surface area contributed by atoms with E-state index in [0.29, 0.717) is 31.7 Å². The number of likely N-dealkylation sites (tertiary alicyclic amines) is 1. The molecule has 2 saturated heterocycles.